The van der Waals surface area contributed by atoms with E-state index < -0.39 is 0 Å². The first kappa shape index (κ1) is 17.0. The van der Waals surface area contributed by atoms with Crippen molar-refractivity contribution in [2.75, 3.05) is 0 Å². The number of hydrogen-bond acceptors (Lipinski definition) is 0. The van der Waals surface area contributed by atoms with E-state index in [4.69, 9.17) is 0 Å². The standard InChI is InChI=1S/C16H24.C2H6/c1-6-9-14-10-7-8-11-15(14)12-13(2)16(3,4)5;1-2/h6-11,13H,12H2,1-5H3;1-2H3/b9-6-;. The zero-order valence-corrected chi connectivity index (χ0v) is 13.2. The summed E-state index contributed by atoms with van der Waals surface area (Å²) in [6, 6.07) is 8.70. The first-order chi connectivity index (χ1) is 8.45. The summed E-state index contributed by atoms with van der Waals surface area (Å²) in [5.41, 5.74) is 3.20. The van der Waals surface area contributed by atoms with Gasteiger partial charge in [-0.3, -0.25) is 0 Å². The molecule has 0 spiro atoms. The van der Waals surface area contributed by atoms with Crippen LogP contribution in [0.25, 0.3) is 6.08 Å². The van der Waals surface area contributed by atoms with Gasteiger partial charge >= 0.3 is 0 Å². The molecule has 0 aliphatic carbocycles. The van der Waals surface area contributed by atoms with Gasteiger partial charge in [0.25, 0.3) is 0 Å². The van der Waals surface area contributed by atoms with Gasteiger partial charge in [-0.15, -0.1) is 0 Å². The molecule has 0 nitrogen and oxygen atoms in total. The van der Waals surface area contributed by atoms with Crippen LogP contribution in [0.2, 0.25) is 0 Å². The molecule has 0 aromatic heterocycles. The Hall–Kier alpha value is -1.04. The van der Waals surface area contributed by atoms with Gasteiger partial charge in [0.15, 0.2) is 0 Å². The molecule has 1 unspecified atom stereocenters. The third kappa shape index (κ3) is 5.53. The van der Waals surface area contributed by atoms with Crippen molar-refractivity contribution >= 4 is 6.08 Å². The van der Waals surface area contributed by atoms with E-state index in [1.165, 1.54) is 11.1 Å². The molecule has 0 bridgehead atoms. The molecule has 0 heteroatoms. The maximum Gasteiger partial charge on any atom is -0.0228 e. The van der Waals surface area contributed by atoms with Crippen molar-refractivity contribution in [1.82, 2.24) is 0 Å². The van der Waals surface area contributed by atoms with Gasteiger partial charge in [-0.2, -0.15) is 0 Å². The van der Waals surface area contributed by atoms with Gasteiger partial charge in [0.05, 0.1) is 0 Å². The van der Waals surface area contributed by atoms with Crippen molar-refractivity contribution in [2.45, 2.75) is 54.9 Å². The third-order valence-corrected chi connectivity index (χ3v) is 3.41. The first-order valence-electron chi connectivity index (χ1n) is 7.15. The highest BCUT2D eigenvalue weighted by atomic mass is 14.3. The smallest absolute Gasteiger partial charge is 0.0228 e. The van der Waals surface area contributed by atoms with Crippen molar-refractivity contribution in [2.24, 2.45) is 11.3 Å². The lowest BCUT2D eigenvalue weighted by Crippen LogP contribution is -2.19. The minimum absolute atomic E-state index is 0.378. The highest BCUT2D eigenvalue weighted by molar-refractivity contribution is 5.53. The maximum absolute atomic E-state index is 2.34. The molecule has 102 valence electrons. The number of allylic oxidation sites excluding steroid dienone is 1. The molecule has 1 atom stereocenters. The largest absolute Gasteiger partial charge is 0.0871 e. The van der Waals surface area contributed by atoms with E-state index in [0.29, 0.717) is 11.3 Å². The topological polar surface area (TPSA) is 0 Å². The van der Waals surface area contributed by atoms with E-state index in [1.807, 2.05) is 13.8 Å². The molecule has 0 aliphatic rings. The molecule has 0 aliphatic heterocycles. The first-order valence-corrected chi connectivity index (χ1v) is 7.15. The van der Waals surface area contributed by atoms with Gasteiger partial charge < -0.3 is 0 Å². The lowest BCUT2D eigenvalue weighted by atomic mass is 9.78. The van der Waals surface area contributed by atoms with E-state index in [-0.39, 0.29) is 0 Å². The van der Waals surface area contributed by atoms with Crippen LogP contribution in [0.15, 0.2) is 30.3 Å². The minimum Gasteiger partial charge on any atom is -0.0871 e. The molecular weight excluding hydrogens is 216 g/mol. The van der Waals surface area contributed by atoms with Crippen molar-refractivity contribution < 1.29 is 0 Å². The van der Waals surface area contributed by atoms with Crippen molar-refractivity contribution in [3.8, 4) is 0 Å². The molecular formula is C18H30. The monoisotopic (exact) mass is 246 g/mol. The van der Waals surface area contributed by atoms with Crippen molar-refractivity contribution in [3.63, 3.8) is 0 Å². The Morgan fingerprint density at radius 3 is 2.17 bits per heavy atom. The molecule has 0 saturated carbocycles. The summed E-state index contributed by atoms with van der Waals surface area (Å²) >= 11 is 0. The van der Waals surface area contributed by atoms with E-state index in [0.717, 1.165) is 6.42 Å². The van der Waals surface area contributed by atoms with Crippen molar-refractivity contribution in [3.05, 3.63) is 41.5 Å². The second kappa shape index (κ2) is 8.13. The van der Waals surface area contributed by atoms with Gasteiger partial charge in [-0.05, 0) is 35.8 Å². The van der Waals surface area contributed by atoms with Crippen LogP contribution in [0.4, 0.5) is 0 Å². The molecule has 0 amide bonds. The predicted octanol–water partition coefficient (Wildman–Crippen LogP) is 5.97. The lowest BCUT2D eigenvalue weighted by molar-refractivity contribution is 0.260. The lowest BCUT2D eigenvalue weighted by Gasteiger charge is -2.27. The molecule has 0 fully saturated rings. The van der Waals surface area contributed by atoms with E-state index in [1.54, 1.807) is 0 Å². The Labute approximate surface area is 114 Å². The SMILES string of the molecule is C/C=C\c1ccccc1CC(C)C(C)(C)C.CC. The van der Waals surface area contributed by atoms with Crippen LogP contribution >= 0.6 is 0 Å². The number of rotatable bonds is 3. The second-order valence-electron chi connectivity index (χ2n) is 5.67. The average Bonchev–Trinajstić information content (AvgIpc) is 2.33. The fourth-order valence-electron chi connectivity index (χ4n) is 1.70. The van der Waals surface area contributed by atoms with Crippen LogP contribution in [0.5, 0.6) is 0 Å². The maximum atomic E-state index is 2.34. The van der Waals surface area contributed by atoms with Gasteiger partial charge in [-0.1, -0.05) is 78.0 Å². The summed E-state index contributed by atoms with van der Waals surface area (Å²) in [4.78, 5) is 0. The van der Waals surface area contributed by atoms with Crippen molar-refractivity contribution in [1.29, 1.82) is 0 Å². The summed E-state index contributed by atoms with van der Waals surface area (Å²) in [6.07, 6.45) is 5.47. The molecule has 1 aromatic carbocycles. The molecule has 0 radical (unpaired) electrons. The third-order valence-electron chi connectivity index (χ3n) is 3.41. The van der Waals surface area contributed by atoms with Gasteiger partial charge in [0.1, 0.15) is 0 Å². The predicted molar refractivity (Wildman–Crippen MR) is 84.8 cm³/mol. The fourth-order valence-corrected chi connectivity index (χ4v) is 1.70. The molecule has 0 heterocycles. The Bertz CT molecular complexity index is 353. The number of hydrogen-bond donors (Lipinski definition) is 0. The molecule has 0 N–H and O–H groups in total. The Balaban J connectivity index is 0.00000137. The average molecular weight is 246 g/mol. The minimum atomic E-state index is 0.378. The zero-order chi connectivity index (χ0) is 14.2. The molecule has 18 heavy (non-hydrogen) atoms. The summed E-state index contributed by atoms with van der Waals surface area (Å²) < 4.78 is 0. The Morgan fingerprint density at radius 2 is 1.67 bits per heavy atom. The molecule has 1 rings (SSSR count). The Kier molecular flexibility index (Phi) is 7.66. The van der Waals surface area contributed by atoms with E-state index >= 15 is 0 Å². The van der Waals surface area contributed by atoms with Gasteiger partial charge in [-0.25, -0.2) is 0 Å². The van der Waals surface area contributed by atoms with Crippen LogP contribution < -0.4 is 0 Å². The highest BCUT2D eigenvalue weighted by Gasteiger charge is 2.20. The summed E-state index contributed by atoms with van der Waals surface area (Å²) in [5.74, 6) is 0.693. The van der Waals surface area contributed by atoms with Crippen LogP contribution in [-0.4, -0.2) is 0 Å². The molecule has 0 saturated heterocycles. The fraction of sp³-hybridized carbons (Fsp3) is 0.556. The van der Waals surface area contributed by atoms with Gasteiger partial charge in [0, 0.05) is 0 Å². The van der Waals surface area contributed by atoms with E-state index in [9.17, 15) is 0 Å². The Morgan fingerprint density at radius 1 is 1.11 bits per heavy atom. The summed E-state index contributed by atoms with van der Waals surface area (Å²) in [7, 11) is 0. The van der Waals surface area contributed by atoms with Crippen LogP contribution in [0.3, 0.4) is 0 Å². The summed E-state index contributed by atoms with van der Waals surface area (Å²) in [5, 5.41) is 0. The normalized spacial score (nSPS) is 13.1. The highest BCUT2D eigenvalue weighted by Crippen LogP contribution is 2.29. The van der Waals surface area contributed by atoms with Crippen LogP contribution in [-0.2, 0) is 6.42 Å². The second-order valence-corrected chi connectivity index (χ2v) is 5.67. The van der Waals surface area contributed by atoms with Crippen LogP contribution in [0.1, 0.15) is 59.6 Å². The van der Waals surface area contributed by atoms with Gasteiger partial charge in [0.2, 0.25) is 0 Å². The number of benzene rings is 1. The van der Waals surface area contributed by atoms with E-state index in [2.05, 4.69) is 71.0 Å². The summed E-state index contributed by atoms with van der Waals surface area (Å²) in [6.45, 7) is 15.4. The quantitative estimate of drug-likeness (QED) is 0.616. The molecule has 1 aromatic rings. The van der Waals surface area contributed by atoms with Crippen LogP contribution in [0, 0.1) is 11.3 Å². The zero-order valence-electron chi connectivity index (χ0n) is 13.2.